The lowest BCUT2D eigenvalue weighted by Gasteiger charge is -2.33. The van der Waals surface area contributed by atoms with Crippen molar-refractivity contribution in [2.24, 2.45) is 0 Å². The Morgan fingerprint density at radius 3 is 2.81 bits per heavy atom. The number of piperidine rings is 1. The average Bonchev–Trinajstić information content (AvgIpc) is 2.94. The molecule has 1 aliphatic rings. The maximum atomic E-state index is 11.1. The van der Waals surface area contributed by atoms with E-state index in [0.29, 0.717) is 5.56 Å². The summed E-state index contributed by atoms with van der Waals surface area (Å²) in [5, 5.41) is 15.6. The van der Waals surface area contributed by atoms with Crippen molar-refractivity contribution >= 4 is 5.69 Å². The van der Waals surface area contributed by atoms with Crippen LogP contribution in [0.2, 0.25) is 0 Å². The molecule has 7 heteroatoms. The van der Waals surface area contributed by atoms with Gasteiger partial charge in [0.25, 0.3) is 0 Å². The van der Waals surface area contributed by atoms with Crippen LogP contribution in [-0.2, 0) is 0 Å². The number of nitriles is 1. The molecule has 2 aromatic rings. The number of aryl methyl sites for hydroxylation is 1. The molecule has 0 bridgehead atoms. The molecule has 0 radical (unpaired) electrons. The number of hydrogen-bond donors (Lipinski definition) is 2. The maximum Gasteiger partial charge on any atom is 0.340 e. The summed E-state index contributed by atoms with van der Waals surface area (Å²) in [4.78, 5) is 20.2. The van der Waals surface area contributed by atoms with Gasteiger partial charge in [0.15, 0.2) is 0 Å². The average molecular weight is 284 g/mol. The smallest absolute Gasteiger partial charge is 0.340 e. The molecule has 2 N–H and O–H groups in total. The molecule has 0 spiro atoms. The van der Waals surface area contributed by atoms with Gasteiger partial charge in [0.2, 0.25) is 0 Å². The summed E-state index contributed by atoms with van der Waals surface area (Å²) in [7, 11) is 0. The van der Waals surface area contributed by atoms with Crippen molar-refractivity contribution in [3.05, 3.63) is 39.8 Å². The van der Waals surface area contributed by atoms with Gasteiger partial charge in [-0.25, -0.2) is 9.89 Å². The quantitative estimate of drug-likeness (QED) is 0.858. The molecule has 0 amide bonds. The second-order valence-corrected chi connectivity index (χ2v) is 5.28. The van der Waals surface area contributed by atoms with Crippen molar-refractivity contribution in [3.8, 4) is 6.07 Å². The van der Waals surface area contributed by atoms with Gasteiger partial charge in [0.05, 0.1) is 11.3 Å². The number of anilines is 1. The van der Waals surface area contributed by atoms with Gasteiger partial charge in [0.1, 0.15) is 11.9 Å². The number of nitrogens with zero attached hydrogens (tertiary/aromatic N) is 4. The second-order valence-electron chi connectivity index (χ2n) is 5.28. The highest BCUT2D eigenvalue weighted by molar-refractivity contribution is 5.59. The summed E-state index contributed by atoms with van der Waals surface area (Å²) in [5.41, 5.74) is 2.19. The lowest BCUT2D eigenvalue weighted by Crippen LogP contribution is -2.33. The van der Waals surface area contributed by atoms with Crippen molar-refractivity contribution < 1.29 is 0 Å². The van der Waals surface area contributed by atoms with Gasteiger partial charge in [-0.3, -0.25) is 9.97 Å². The summed E-state index contributed by atoms with van der Waals surface area (Å²) in [6.45, 7) is 3.58. The first-order valence-corrected chi connectivity index (χ1v) is 6.93. The van der Waals surface area contributed by atoms with Crippen LogP contribution in [0.4, 0.5) is 5.69 Å². The van der Waals surface area contributed by atoms with Crippen LogP contribution in [0.1, 0.15) is 35.8 Å². The lowest BCUT2D eigenvalue weighted by molar-refractivity contribution is 0.486. The molecule has 0 unspecified atom stereocenters. The van der Waals surface area contributed by atoms with E-state index < -0.39 is 0 Å². The van der Waals surface area contributed by atoms with Gasteiger partial charge in [-0.05, 0) is 25.8 Å². The van der Waals surface area contributed by atoms with Gasteiger partial charge in [0, 0.05) is 30.9 Å². The summed E-state index contributed by atoms with van der Waals surface area (Å²) in [6, 6.07) is 4.15. The molecule has 0 atom stereocenters. The zero-order valence-electron chi connectivity index (χ0n) is 11.8. The summed E-state index contributed by atoms with van der Waals surface area (Å²) >= 11 is 0. The summed E-state index contributed by atoms with van der Waals surface area (Å²) in [5.74, 6) is 0.986. The second kappa shape index (κ2) is 5.40. The van der Waals surface area contributed by atoms with E-state index in [4.69, 9.17) is 0 Å². The van der Waals surface area contributed by atoms with E-state index in [1.165, 1.54) is 0 Å². The van der Waals surface area contributed by atoms with Crippen molar-refractivity contribution in [2.75, 3.05) is 18.0 Å². The van der Waals surface area contributed by atoms with Crippen LogP contribution in [0.25, 0.3) is 0 Å². The van der Waals surface area contributed by atoms with E-state index in [9.17, 15) is 10.1 Å². The predicted molar refractivity (Wildman–Crippen MR) is 77.1 cm³/mol. The maximum absolute atomic E-state index is 11.1. The van der Waals surface area contributed by atoms with Crippen LogP contribution < -0.4 is 10.6 Å². The van der Waals surface area contributed by atoms with Crippen LogP contribution in [0, 0.1) is 18.3 Å². The predicted octanol–water partition coefficient (Wildman–Crippen LogP) is 1.06. The zero-order valence-corrected chi connectivity index (χ0v) is 11.8. The Kier molecular flexibility index (Phi) is 3.44. The molecule has 7 nitrogen and oxygen atoms in total. The Morgan fingerprint density at radius 2 is 2.19 bits per heavy atom. The Balaban J connectivity index is 1.76. The Bertz CT molecular complexity index is 732. The van der Waals surface area contributed by atoms with Crippen molar-refractivity contribution in [1.82, 2.24) is 20.2 Å². The van der Waals surface area contributed by atoms with Crippen LogP contribution in [0.15, 0.2) is 17.1 Å². The molecule has 0 saturated carbocycles. The third-order valence-corrected chi connectivity index (χ3v) is 3.88. The van der Waals surface area contributed by atoms with E-state index in [1.54, 1.807) is 6.20 Å². The molecule has 1 aliphatic heterocycles. The summed E-state index contributed by atoms with van der Waals surface area (Å²) < 4.78 is 0. The lowest BCUT2D eigenvalue weighted by atomic mass is 9.95. The Morgan fingerprint density at radius 1 is 1.43 bits per heavy atom. The van der Waals surface area contributed by atoms with Crippen molar-refractivity contribution in [2.45, 2.75) is 25.7 Å². The van der Waals surface area contributed by atoms with Crippen molar-refractivity contribution in [3.63, 3.8) is 0 Å². The molecule has 0 aromatic carbocycles. The highest BCUT2D eigenvalue weighted by Gasteiger charge is 2.24. The minimum Gasteiger partial charge on any atom is -0.370 e. The molecule has 2 aromatic heterocycles. The first-order chi connectivity index (χ1) is 10.2. The molecule has 1 saturated heterocycles. The molecular weight excluding hydrogens is 268 g/mol. The van der Waals surface area contributed by atoms with Gasteiger partial charge >= 0.3 is 5.69 Å². The van der Waals surface area contributed by atoms with Crippen molar-refractivity contribution in [1.29, 1.82) is 5.26 Å². The number of pyridine rings is 1. The fourth-order valence-electron chi connectivity index (χ4n) is 2.76. The minimum absolute atomic E-state index is 0.258. The molecule has 3 rings (SSSR count). The number of nitrogens with one attached hydrogen (secondary N) is 2. The Hall–Kier alpha value is -2.62. The third kappa shape index (κ3) is 2.65. The monoisotopic (exact) mass is 284 g/mol. The summed E-state index contributed by atoms with van der Waals surface area (Å²) in [6.07, 6.45) is 3.42. The molecule has 21 heavy (non-hydrogen) atoms. The van der Waals surface area contributed by atoms with E-state index in [2.05, 4.69) is 31.1 Å². The minimum atomic E-state index is -0.260. The molecule has 3 heterocycles. The molecule has 0 aliphatic carbocycles. The van der Waals surface area contributed by atoms with Gasteiger partial charge in [-0.1, -0.05) is 0 Å². The van der Waals surface area contributed by atoms with Gasteiger partial charge in [-0.2, -0.15) is 10.4 Å². The van der Waals surface area contributed by atoms with Crippen LogP contribution in [0.3, 0.4) is 0 Å². The highest BCUT2D eigenvalue weighted by atomic mass is 16.1. The van der Waals surface area contributed by atoms with E-state index >= 15 is 0 Å². The highest BCUT2D eigenvalue weighted by Crippen LogP contribution is 2.29. The fraction of sp³-hybridized carbons (Fsp3) is 0.429. The first-order valence-electron chi connectivity index (χ1n) is 6.93. The van der Waals surface area contributed by atoms with E-state index in [0.717, 1.165) is 43.1 Å². The standard InChI is InChI=1S/C14H16N6O/c1-9-6-12(11(7-15)8-16-9)20-4-2-10(3-5-20)13-17-14(21)19-18-13/h6,8,10H,2-5H2,1H3,(H2,17,18,19,21). The van der Waals surface area contributed by atoms with Crippen LogP contribution in [0.5, 0.6) is 0 Å². The number of rotatable bonds is 2. The topological polar surface area (TPSA) is 101 Å². The molecule has 1 fully saturated rings. The number of aromatic amines is 2. The first kappa shape index (κ1) is 13.4. The molecular formula is C14H16N6O. The molecule has 108 valence electrons. The largest absolute Gasteiger partial charge is 0.370 e. The van der Waals surface area contributed by atoms with E-state index in [1.807, 2.05) is 13.0 Å². The number of aromatic nitrogens is 4. The fourth-order valence-corrected chi connectivity index (χ4v) is 2.76. The third-order valence-electron chi connectivity index (χ3n) is 3.88. The Labute approximate surface area is 121 Å². The SMILES string of the molecule is Cc1cc(N2CCC(c3n[nH]c(=O)[nH]3)CC2)c(C#N)cn1. The van der Waals surface area contributed by atoms with Gasteiger partial charge in [-0.15, -0.1) is 0 Å². The van der Waals surface area contributed by atoms with Crippen LogP contribution in [-0.4, -0.2) is 33.3 Å². The zero-order chi connectivity index (χ0) is 14.8. The van der Waals surface area contributed by atoms with Crippen LogP contribution >= 0.6 is 0 Å². The number of H-pyrrole nitrogens is 2. The van der Waals surface area contributed by atoms with Gasteiger partial charge < -0.3 is 4.90 Å². The normalized spacial score (nSPS) is 15.9. The number of hydrogen-bond acceptors (Lipinski definition) is 5. The van der Waals surface area contributed by atoms with E-state index in [-0.39, 0.29) is 11.6 Å².